The molecule has 2 heterocycles. The molecule has 3 rings (SSSR count). The number of amides is 1. The van der Waals surface area contributed by atoms with Gasteiger partial charge in [0.1, 0.15) is 17.3 Å². The first-order chi connectivity index (χ1) is 13.3. The minimum Gasteiger partial charge on any atom is -0.481 e. The van der Waals surface area contributed by atoms with Crippen LogP contribution in [0.25, 0.3) is 0 Å². The highest BCUT2D eigenvalue weighted by molar-refractivity contribution is 7.91. The van der Waals surface area contributed by atoms with Crippen molar-refractivity contribution in [2.45, 2.75) is 52.3 Å². The largest absolute Gasteiger partial charge is 0.481 e. The third-order valence-electron chi connectivity index (χ3n) is 5.05. The molecule has 0 radical (unpaired) electrons. The fourth-order valence-corrected chi connectivity index (χ4v) is 5.17. The maximum Gasteiger partial charge on any atom is 0.264 e. The van der Waals surface area contributed by atoms with Crippen LogP contribution >= 0.6 is 0 Å². The van der Waals surface area contributed by atoms with Crippen LogP contribution in [0.2, 0.25) is 0 Å². The Morgan fingerprint density at radius 3 is 2.50 bits per heavy atom. The summed E-state index contributed by atoms with van der Waals surface area (Å²) in [5.41, 5.74) is 1.19. The smallest absolute Gasteiger partial charge is 0.264 e. The number of hydrogen-bond donors (Lipinski definition) is 0. The SMILES string of the molecule is CCc1ccc(O[C@H](C)C(=O)N(Cc2ccc(C)o2)[C@@H]2CCS(=O)(=O)C2)cc1. The number of furan rings is 1. The van der Waals surface area contributed by atoms with Gasteiger partial charge < -0.3 is 14.1 Å². The molecule has 7 heteroatoms. The molecule has 2 atom stereocenters. The van der Waals surface area contributed by atoms with Crippen LogP contribution < -0.4 is 4.74 Å². The average Bonchev–Trinajstić information content (AvgIpc) is 3.24. The number of benzene rings is 1. The molecule has 152 valence electrons. The van der Waals surface area contributed by atoms with Gasteiger partial charge in [-0.2, -0.15) is 0 Å². The summed E-state index contributed by atoms with van der Waals surface area (Å²) in [5.74, 6) is 1.85. The summed E-state index contributed by atoms with van der Waals surface area (Å²) < 4.78 is 35.4. The van der Waals surface area contributed by atoms with E-state index in [4.69, 9.17) is 9.15 Å². The number of sulfone groups is 1. The zero-order valence-electron chi connectivity index (χ0n) is 16.6. The Labute approximate surface area is 166 Å². The van der Waals surface area contributed by atoms with Gasteiger partial charge in [0.2, 0.25) is 0 Å². The van der Waals surface area contributed by atoms with Crippen molar-refractivity contribution in [3.8, 4) is 5.75 Å². The number of rotatable bonds is 7. The first-order valence-corrected chi connectivity index (χ1v) is 11.4. The van der Waals surface area contributed by atoms with Crippen molar-refractivity contribution < 1.29 is 22.4 Å². The Balaban J connectivity index is 1.76. The monoisotopic (exact) mass is 405 g/mol. The van der Waals surface area contributed by atoms with Gasteiger partial charge >= 0.3 is 0 Å². The molecule has 0 saturated carbocycles. The molecule has 1 saturated heterocycles. The van der Waals surface area contributed by atoms with Gasteiger partial charge in [0.15, 0.2) is 15.9 Å². The molecule has 0 unspecified atom stereocenters. The summed E-state index contributed by atoms with van der Waals surface area (Å²) in [7, 11) is -3.12. The number of nitrogens with zero attached hydrogens (tertiary/aromatic N) is 1. The van der Waals surface area contributed by atoms with Crippen molar-refractivity contribution in [2.75, 3.05) is 11.5 Å². The van der Waals surface area contributed by atoms with E-state index in [1.807, 2.05) is 43.3 Å². The predicted octanol–water partition coefficient (Wildman–Crippen LogP) is 3.13. The summed E-state index contributed by atoms with van der Waals surface area (Å²) >= 11 is 0. The van der Waals surface area contributed by atoms with E-state index in [0.29, 0.717) is 17.9 Å². The lowest BCUT2D eigenvalue weighted by atomic mass is 10.1. The number of carbonyl (C=O) groups excluding carboxylic acids is 1. The molecular weight excluding hydrogens is 378 g/mol. The highest BCUT2D eigenvalue weighted by atomic mass is 32.2. The van der Waals surface area contributed by atoms with E-state index in [1.54, 1.807) is 11.8 Å². The molecular formula is C21H27NO5S. The highest BCUT2D eigenvalue weighted by Crippen LogP contribution is 2.23. The molecule has 0 spiro atoms. The second-order valence-electron chi connectivity index (χ2n) is 7.29. The first-order valence-electron chi connectivity index (χ1n) is 9.59. The fraction of sp³-hybridized carbons (Fsp3) is 0.476. The Kier molecular flexibility index (Phi) is 6.13. The number of aryl methyl sites for hydroxylation is 2. The van der Waals surface area contributed by atoms with Crippen molar-refractivity contribution in [3.05, 3.63) is 53.5 Å². The lowest BCUT2D eigenvalue weighted by Gasteiger charge is -2.30. The van der Waals surface area contributed by atoms with Crippen molar-refractivity contribution in [1.29, 1.82) is 0 Å². The van der Waals surface area contributed by atoms with Crippen LogP contribution in [0.5, 0.6) is 5.75 Å². The summed E-state index contributed by atoms with van der Waals surface area (Å²) in [6.45, 7) is 5.84. The van der Waals surface area contributed by atoms with E-state index in [0.717, 1.165) is 12.2 Å². The number of hydrogen-bond acceptors (Lipinski definition) is 5. The Bertz CT molecular complexity index is 917. The highest BCUT2D eigenvalue weighted by Gasteiger charge is 2.37. The lowest BCUT2D eigenvalue weighted by molar-refractivity contribution is -0.140. The van der Waals surface area contributed by atoms with E-state index in [9.17, 15) is 13.2 Å². The summed E-state index contributed by atoms with van der Waals surface area (Å²) in [6, 6.07) is 10.9. The van der Waals surface area contributed by atoms with E-state index in [1.165, 1.54) is 5.56 Å². The van der Waals surface area contributed by atoms with Gasteiger partial charge in [0.25, 0.3) is 5.91 Å². The molecule has 1 aliphatic heterocycles. The molecule has 2 aromatic rings. The molecule has 0 aliphatic carbocycles. The normalized spacial score (nSPS) is 19.3. The second-order valence-corrected chi connectivity index (χ2v) is 9.52. The van der Waals surface area contributed by atoms with Crippen LogP contribution in [0.1, 0.15) is 37.4 Å². The fourth-order valence-electron chi connectivity index (χ4n) is 3.44. The lowest BCUT2D eigenvalue weighted by Crippen LogP contribution is -2.46. The van der Waals surface area contributed by atoms with E-state index in [2.05, 4.69) is 6.92 Å². The minimum absolute atomic E-state index is 0.0175. The summed E-state index contributed by atoms with van der Waals surface area (Å²) in [5, 5.41) is 0. The van der Waals surface area contributed by atoms with Gasteiger partial charge in [-0.1, -0.05) is 19.1 Å². The number of carbonyl (C=O) groups is 1. The molecule has 0 N–H and O–H groups in total. The maximum atomic E-state index is 13.1. The zero-order chi connectivity index (χ0) is 20.3. The van der Waals surface area contributed by atoms with Crippen LogP contribution in [0.3, 0.4) is 0 Å². The standard InChI is InChI=1S/C21H27NO5S/c1-4-17-6-9-19(10-7-17)27-16(3)21(23)22(13-20-8-5-15(2)26-20)18-11-12-28(24,25)14-18/h5-10,16,18H,4,11-14H2,1-3H3/t16-,18-/m1/s1. The van der Waals surface area contributed by atoms with Crippen molar-refractivity contribution in [3.63, 3.8) is 0 Å². The molecule has 1 amide bonds. The third kappa shape index (κ3) is 4.95. The van der Waals surface area contributed by atoms with Gasteiger partial charge in [-0.15, -0.1) is 0 Å². The van der Waals surface area contributed by atoms with Gasteiger partial charge in [-0.05, 0) is 56.5 Å². The van der Waals surface area contributed by atoms with E-state index in [-0.39, 0.29) is 30.0 Å². The van der Waals surface area contributed by atoms with Crippen LogP contribution in [-0.4, -0.2) is 42.9 Å². The summed E-state index contributed by atoms with van der Waals surface area (Å²) in [4.78, 5) is 14.7. The molecule has 1 fully saturated rings. The first kappa shape index (κ1) is 20.5. The van der Waals surface area contributed by atoms with Gasteiger partial charge in [0, 0.05) is 6.04 Å². The topological polar surface area (TPSA) is 76.8 Å². The maximum absolute atomic E-state index is 13.1. The zero-order valence-corrected chi connectivity index (χ0v) is 17.4. The van der Waals surface area contributed by atoms with Crippen molar-refractivity contribution in [2.24, 2.45) is 0 Å². The van der Waals surface area contributed by atoms with Crippen LogP contribution in [0.15, 0.2) is 40.8 Å². The molecule has 6 nitrogen and oxygen atoms in total. The van der Waals surface area contributed by atoms with Crippen LogP contribution in [0.4, 0.5) is 0 Å². The second kappa shape index (κ2) is 8.39. The van der Waals surface area contributed by atoms with Gasteiger partial charge in [0.05, 0.1) is 18.1 Å². The quantitative estimate of drug-likeness (QED) is 0.707. The van der Waals surface area contributed by atoms with Crippen molar-refractivity contribution >= 4 is 15.7 Å². The van der Waals surface area contributed by atoms with E-state index < -0.39 is 15.9 Å². The molecule has 0 bridgehead atoms. The molecule has 28 heavy (non-hydrogen) atoms. The average molecular weight is 406 g/mol. The Morgan fingerprint density at radius 2 is 1.96 bits per heavy atom. The van der Waals surface area contributed by atoms with E-state index >= 15 is 0 Å². The molecule has 1 aromatic carbocycles. The Morgan fingerprint density at radius 1 is 1.25 bits per heavy atom. The predicted molar refractivity (Wildman–Crippen MR) is 107 cm³/mol. The molecule has 1 aliphatic rings. The third-order valence-corrected chi connectivity index (χ3v) is 6.80. The molecule has 1 aromatic heterocycles. The number of ether oxygens (including phenoxy) is 1. The van der Waals surface area contributed by atoms with Gasteiger partial charge in [-0.25, -0.2) is 8.42 Å². The van der Waals surface area contributed by atoms with Crippen LogP contribution in [-0.2, 0) is 27.6 Å². The van der Waals surface area contributed by atoms with Crippen LogP contribution in [0, 0.1) is 6.92 Å². The van der Waals surface area contributed by atoms with Gasteiger partial charge in [-0.3, -0.25) is 4.79 Å². The summed E-state index contributed by atoms with van der Waals surface area (Å²) in [6.07, 6.45) is 0.638. The van der Waals surface area contributed by atoms with Crippen molar-refractivity contribution in [1.82, 2.24) is 4.90 Å². The Hall–Kier alpha value is -2.28. The minimum atomic E-state index is -3.12.